The Morgan fingerprint density at radius 3 is 2.35 bits per heavy atom. The molecule has 1 aromatic carbocycles. The fraction of sp³-hybridized carbons (Fsp3) is 0.533. The van der Waals surface area contributed by atoms with Gasteiger partial charge in [-0.15, -0.1) is 0 Å². The van der Waals surface area contributed by atoms with Gasteiger partial charge in [0, 0.05) is 0 Å². The summed E-state index contributed by atoms with van der Waals surface area (Å²) < 4.78 is 43.0. The van der Waals surface area contributed by atoms with Crippen molar-refractivity contribution in [1.82, 2.24) is 0 Å². The van der Waals surface area contributed by atoms with E-state index in [1.807, 2.05) is 0 Å². The Labute approximate surface area is 116 Å². The minimum absolute atomic E-state index is 0.221. The van der Waals surface area contributed by atoms with Crippen molar-refractivity contribution in [1.29, 1.82) is 0 Å². The lowest BCUT2D eigenvalue weighted by atomic mass is 9.99. The maximum atomic E-state index is 12.6. The van der Waals surface area contributed by atoms with Gasteiger partial charge in [-0.3, -0.25) is 4.79 Å². The number of rotatable bonds is 3. The third kappa shape index (κ3) is 5.23. The third-order valence-electron chi connectivity index (χ3n) is 2.61. The van der Waals surface area contributed by atoms with E-state index in [-0.39, 0.29) is 6.42 Å². The molecule has 1 rings (SSSR count). The average Bonchev–Trinajstić information content (AvgIpc) is 2.25. The van der Waals surface area contributed by atoms with Crippen LogP contribution in [0.3, 0.4) is 0 Å². The standard InChI is InChI=1S/C15H19F3O2/c1-10(13(19)20-14(2,3)4)8-11-6-5-7-12(9-11)15(16,17)18/h5-7,9-10H,8H2,1-4H3. The summed E-state index contributed by atoms with van der Waals surface area (Å²) >= 11 is 0. The molecule has 0 saturated carbocycles. The highest BCUT2D eigenvalue weighted by atomic mass is 19.4. The molecule has 0 amide bonds. The van der Waals surface area contributed by atoms with Crippen LogP contribution in [0.2, 0.25) is 0 Å². The van der Waals surface area contributed by atoms with E-state index in [0.29, 0.717) is 5.56 Å². The highest BCUT2D eigenvalue weighted by Gasteiger charge is 2.30. The summed E-state index contributed by atoms with van der Waals surface area (Å²) in [6.07, 6.45) is -4.15. The number of ether oxygens (including phenoxy) is 1. The van der Waals surface area contributed by atoms with Crippen LogP contribution < -0.4 is 0 Å². The van der Waals surface area contributed by atoms with Gasteiger partial charge in [-0.05, 0) is 38.8 Å². The van der Waals surface area contributed by atoms with E-state index in [4.69, 9.17) is 4.74 Å². The lowest BCUT2D eigenvalue weighted by Gasteiger charge is -2.22. The first-order valence-corrected chi connectivity index (χ1v) is 6.38. The smallest absolute Gasteiger partial charge is 0.416 e. The van der Waals surface area contributed by atoms with E-state index in [9.17, 15) is 18.0 Å². The van der Waals surface area contributed by atoms with Crippen molar-refractivity contribution in [3.8, 4) is 0 Å². The van der Waals surface area contributed by atoms with Crippen molar-refractivity contribution in [3.63, 3.8) is 0 Å². The Balaban J connectivity index is 2.76. The monoisotopic (exact) mass is 288 g/mol. The zero-order chi connectivity index (χ0) is 15.6. The molecule has 0 bridgehead atoms. The number of carbonyl (C=O) groups is 1. The minimum atomic E-state index is -4.37. The van der Waals surface area contributed by atoms with Crippen LogP contribution in [0.15, 0.2) is 24.3 Å². The van der Waals surface area contributed by atoms with E-state index in [1.165, 1.54) is 6.07 Å². The molecule has 1 unspecified atom stereocenters. The van der Waals surface area contributed by atoms with Crippen molar-refractivity contribution in [2.45, 2.75) is 45.9 Å². The van der Waals surface area contributed by atoms with Crippen LogP contribution in [0.5, 0.6) is 0 Å². The summed E-state index contributed by atoms with van der Waals surface area (Å²) in [5.41, 5.74) is -0.830. The Hall–Kier alpha value is -1.52. The summed E-state index contributed by atoms with van der Waals surface area (Å²) in [5.74, 6) is -0.896. The summed E-state index contributed by atoms with van der Waals surface area (Å²) in [7, 11) is 0. The maximum absolute atomic E-state index is 12.6. The molecule has 0 aromatic heterocycles. The van der Waals surface area contributed by atoms with E-state index in [0.717, 1.165) is 12.1 Å². The molecule has 0 aliphatic carbocycles. The van der Waals surface area contributed by atoms with E-state index < -0.39 is 29.2 Å². The minimum Gasteiger partial charge on any atom is -0.460 e. The number of hydrogen-bond donors (Lipinski definition) is 0. The number of halogens is 3. The van der Waals surface area contributed by atoms with E-state index in [1.54, 1.807) is 33.8 Å². The van der Waals surface area contributed by atoms with E-state index in [2.05, 4.69) is 0 Å². The van der Waals surface area contributed by atoms with Crippen molar-refractivity contribution in [3.05, 3.63) is 35.4 Å². The molecule has 0 N–H and O–H groups in total. The molecule has 1 atom stereocenters. The average molecular weight is 288 g/mol. The van der Waals surface area contributed by atoms with Crippen LogP contribution >= 0.6 is 0 Å². The highest BCUT2D eigenvalue weighted by molar-refractivity contribution is 5.72. The molecule has 0 fully saturated rings. The Morgan fingerprint density at radius 1 is 1.25 bits per heavy atom. The van der Waals surface area contributed by atoms with Crippen molar-refractivity contribution in [2.24, 2.45) is 5.92 Å². The molecule has 112 valence electrons. The zero-order valence-corrected chi connectivity index (χ0v) is 12.0. The predicted octanol–water partition coefficient (Wildman–Crippen LogP) is 4.23. The van der Waals surface area contributed by atoms with E-state index >= 15 is 0 Å². The maximum Gasteiger partial charge on any atom is 0.416 e. The Morgan fingerprint density at radius 2 is 1.85 bits per heavy atom. The largest absolute Gasteiger partial charge is 0.460 e. The van der Waals surface area contributed by atoms with Crippen LogP contribution in [-0.2, 0) is 22.1 Å². The molecule has 0 aliphatic rings. The van der Waals surface area contributed by atoms with Crippen LogP contribution in [0.1, 0.15) is 38.8 Å². The molecule has 0 saturated heterocycles. The molecule has 0 aliphatic heterocycles. The lowest BCUT2D eigenvalue weighted by molar-refractivity contribution is -0.159. The topological polar surface area (TPSA) is 26.3 Å². The van der Waals surface area contributed by atoms with Gasteiger partial charge >= 0.3 is 12.1 Å². The van der Waals surface area contributed by atoms with Crippen molar-refractivity contribution < 1.29 is 22.7 Å². The molecule has 5 heteroatoms. The van der Waals surface area contributed by atoms with Gasteiger partial charge in [0.05, 0.1) is 11.5 Å². The summed E-state index contributed by atoms with van der Waals surface area (Å²) in [5, 5.41) is 0. The molecule has 0 spiro atoms. The van der Waals surface area contributed by atoms with Gasteiger partial charge in [0.1, 0.15) is 5.60 Å². The Kier molecular flexibility index (Phi) is 4.84. The second kappa shape index (κ2) is 5.85. The third-order valence-corrected chi connectivity index (χ3v) is 2.61. The fourth-order valence-corrected chi connectivity index (χ4v) is 1.71. The summed E-state index contributed by atoms with van der Waals surface area (Å²) in [6.45, 7) is 6.90. The molecule has 2 nitrogen and oxygen atoms in total. The summed E-state index contributed by atoms with van der Waals surface area (Å²) in [4.78, 5) is 11.8. The fourth-order valence-electron chi connectivity index (χ4n) is 1.71. The number of esters is 1. The van der Waals surface area contributed by atoms with Crippen LogP contribution in [0.25, 0.3) is 0 Å². The van der Waals surface area contributed by atoms with Crippen LogP contribution in [0.4, 0.5) is 13.2 Å². The first-order chi connectivity index (χ1) is 8.99. The second-order valence-corrected chi connectivity index (χ2v) is 5.84. The van der Waals surface area contributed by atoms with Gasteiger partial charge in [0.2, 0.25) is 0 Å². The number of hydrogen-bond acceptors (Lipinski definition) is 2. The van der Waals surface area contributed by atoms with Gasteiger partial charge in [-0.1, -0.05) is 25.1 Å². The molecular weight excluding hydrogens is 269 g/mol. The SMILES string of the molecule is CC(Cc1cccc(C(F)(F)F)c1)C(=O)OC(C)(C)C. The molecule has 1 aromatic rings. The number of benzene rings is 1. The van der Waals surface area contributed by atoms with Gasteiger partial charge in [-0.25, -0.2) is 0 Å². The van der Waals surface area contributed by atoms with Gasteiger partial charge in [-0.2, -0.15) is 13.2 Å². The van der Waals surface area contributed by atoms with Crippen LogP contribution in [0, 0.1) is 5.92 Å². The first kappa shape index (κ1) is 16.5. The normalized spacial score (nSPS) is 13.9. The quantitative estimate of drug-likeness (QED) is 0.778. The second-order valence-electron chi connectivity index (χ2n) is 5.84. The molecule has 0 radical (unpaired) electrons. The number of carbonyl (C=O) groups excluding carboxylic acids is 1. The molecular formula is C15H19F3O2. The van der Waals surface area contributed by atoms with Gasteiger partial charge < -0.3 is 4.74 Å². The summed E-state index contributed by atoms with van der Waals surface area (Å²) in [6, 6.07) is 5.01. The van der Waals surface area contributed by atoms with Gasteiger partial charge in [0.15, 0.2) is 0 Å². The Bertz CT molecular complexity index is 473. The van der Waals surface area contributed by atoms with Gasteiger partial charge in [0.25, 0.3) is 0 Å². The molecule has 0 heterocycles. The predicted molar refractivity (Wildman–Crippen MR) is 70.2 cm³/mol. The highest BCUT2D eigenvalue weighted by Crippen LogP contribution is 2.30. The van der Waals surface area contributed by atoms with Crippen molar-refractivity contribution >= 4 is 5.97 Å². The first-order valence-electron chi connectivity index (χ1n) is 6.38. The van der Waals surface area contributed by atoms with Crippen molar-refractivity contribution in [2.75, 3.05) is 0 Å². The lowest BCUT2D eigenvalue weighted by Crippen LogP contribution is -2.28. The van der Waals surface area contributed by atoms with Crippen LogP contribution in [-0.4, -0.2) is 11.6 Å². The molecule has 20 heavy (non-hydrogen) atoms. The zero-order valence-electron chi connectivity index (χ0n) is 12.0. The number of alkyl halides is 3.